The zero-order valence-corrected chi connectivity index (χ0v) is 12.4. The molecule has 1 heterocycles. The second-order valence-electron chi connectivity index (χ2n) is 4.44. The summed E-state index contributed by atoms with van der Waals surface area (Å²) in [6.45, 7) is 4.31. The Kier molecular flexibility index (Phi) is 5.53. The van der Waals surface area contributed by atoms with Crippen molar-refractivity contribution in [3.8, 4) is 11.5 Å². The number of benzene rings is 1. The maximum Gasteiger partial charge on any atom is 0.242 e. The van der Waals surface area contributed by atoms with Gasteiger partial charge < -0.3 is 14.8 Å². The summed E-state index contributed by atoms with van der Waals surface area (Å²) in [5.74, 6) is 1.13. The first-order valence-corrected chi connectivity index (χ1v) is 6.75. The summed E-state index contributed by atoms with van der Waals surface area (Å²) in [6.07, 6.45) is 3.29. The summed E-state index contributed by atoms with van der Waals surface area (Å²) in [7, 11) is 1.58. The highest BCUT2D eigenvalue weighted by molar-refractivity contribution is 5.75. The maximum atomic E-state index is 11.5. The first kappa shape index (κ1) is 15.6. The molecular weight excluding hydrogens is 284 g/mol. The standard InChI is InChI=1S/C15H18N4O3/c1-3-8-16-15(20)10-19-9-12(17-18-19)11-22-14-7-5-4-6-13(14)21-2/h3-7,9H,1,8,10-11H2,2H3,(H,16,20). The third kappa shape index (κ3) is 4.34. The molecule has 0 spiro atoms. The minimum absolute atomic E-state index is 0.107. The van der Waals surface area contributed by atoms with Crippen molar-refractivity contribution in [1.82, 2.24) is 20.3 Å². The van der Waals surface area contributed by atoms with Gasteiger partial charge in [-0.05, 0) is 12.1 Å². The van der Waals surface area contributed by atoms with Crippen LogP contribution in [0.5, 0.6) is 11.5 Å². The SMILES string of the molecule is C=CCNC(=O)Cn1cc(COc2ccccc2OC)nn1. The van der Waals surface area contributed by atoms with Gasteiger partial charge in [0.05, 0.1) is 13.3 Å². The van der Waals surface area contributed by atoms with E-state index in [0.717, 1.165) is 0 Å². The molecule has 0 aliphatic carbocycles. The molecule has 0 fully saturated rings. The highest BCUT2D eigenvalue weighted by atomic mass is 16.5. The molecule has 7 nitrogen and oxygen atoms in total. The average Bonchev–Trinajstić information content (AvgIpc) is 2.98. The molecule has 0 aliphatic heterocycles. The number of para-hydroxylation sites is 2. The summed E-state index contributed by atoms with van der Waals surface area (Å²) in [5, 5.41) is 10.5. The van der Waals surface area contributed by atoms with Gasteiger partial charge >= 0.3 is 0 Å². The van der Waals surface area contributed by atoms with Gasteiger partial charge in [-0.25, -0.2) is 4.68 Å². The topological polar surface area (TPSA) is 78.3 Å². The number of carbonyl (C=O) groups is 1. The van der Waals surface area contributed by atoms with Crippen molar-refractivity contribution in [3.63, 3.8) is 0 Å². The van der Waals surface area contributed by atoms with Crippen molar-refractivity contribution >= 4 is 5.91 Å². The van der Waals surface area contributed by atoms with Crippen LogP contribution in [0.3, 0.4) is 0 Å². The van der Waals surface area contributed by atoms with E-state index in [0.29, 0.717) is 23.7 Å². The summed E-state index contributed by atoms with van der Waals surface area (Å²) >= 11 is 0. The van der Waals surface area contributed by atoms with E-state index in [1.165, 1.54) is 4.68 Å². The minimum atomic E-state index is -0.151. The Labute approximate surface area is 128 Å². The van der Waals surface area contributed by atoms with Crippen molar-refractivity contribution in [2.75, 3.05) is 13.7 Å². The minimum Gasteiger partial charge on any atom is -0.493 e. The van der Waals surface area contributed by atoms with Crippen molar-refractivity contribution in [2.45, 2.75) is 13.2 Å². The van der Waals surface area contributed by atoms with E-state index in [4.69, 9.17) is 9.47 Å². The molecule has 7 heteroatoms. The van der Waals surface area contributed by atoms with Crippen LogP contribution in [0.4, 0.5) is 0 Å². The lowest BCUT2D eigenvalue weighted by molar-refractivity contribution is -0.121. The highest BCUT2D eigenvalue weighted by Crippen LogP contribution is 2.26. The van der Waals surface area contributed by atoms with Crippen LogP contribution in [0.15, 0.2) is 43.1 Å². The summed E-state index contributed by atoms with van der Waals surface area (Å²) in [5.41, 5.74) is 0.627. The molecule has 22 heavy (non-hydrogen) atoms. The van der Waals surface area contributed by atoms with Gasteiger partial charge in [0, 0.05) is 6.54 Å². The predicted octanol–water partition coefficient (Wildman–Crippen LogP) is 1.17. The van der Waals surface area contributed by atoms with Crippen LogP contribution in [-0.2, 0) is 17.9 Å². The van der Waals surface area contributed by atoms with Gasteiger partial charge in [0.1, 0.15) is 18.8 Å². The molecule has 0 atom stereocenters. The molecule has 1 amide bonds. The molecule has 0 saturated heterocycles. The van der Waals surface area contributed by atoms with Crippen LogP contribution in [0, 0.1) is 0 Å². The van der Waals surface area contributed by atoms with E-state index in [1.807, 2.05) is 24.3 Å². The second-order valence-corrected chi connectivity index (χ2v) is 4.44. The number of hydrogen-bond donors (Lipinski definition) is 1. The Morgan fingerprint density at radius 1 is 1.41 bits per heavy atom. The third-order valence-electron chi connectivity index (χ3n) is 2.78. The molecule has 0 radical (unpaired) electrons. The Morgan fingerprint density at radius 2 is 2.18 bits per heavy atom. The monoisotopic (exact) mass is 302 g/mol. The van der Waals surface area contributed by atoms with Crippen LogP contribution in [0.1, 0.15) is 5.69 Å². The molecule has 0 bridgehead atoms. The Hall–Kier alpha value is -2.83. The molecular formula is C15H18N4O3. The fourth-order valence-corrected chi connectivity index (χ4v) is 1.76. The van der Waals surface area contributed by atoms with Crippen LogP contribution >= 0.6 is 0 Å². The summed E-state index contributed by atoms with van der Waals surface area (Å²) in [4.78, 5) is 11.5. The molecule has 2 rings (SSSR count). The number of aromatic nitrogens is 3. The lowest BCUT2D eigenvalue weighted by atomic mass is 10.3. The molecule has 1 aromatic carbocycles. The highest BCUT2D eigenvalue weighted by Gasteiger charge is 2.07. The molecule has 0 aliphatic rings. The van der Waals surface area contributed by atoms with Crippen molar-refractivity contribution in [1.29, 1.82) is 0 Å². The van der Waals surface area contributed by atoms with Crippen molar-refractivity contribution in [2.24, 2.45) is 0 Å². The maximum absolute atomic E-state index is 11.5. The van der Waals surface area contributed by atoms with Crippen LogP contribution in [0.2, 0.25) is 0 Å². The predicted molar refractivity (Wildman–Crippen MR) is 80.6 cm³/mol. The van der Waals surface area contributed by atoms with Crippen LogP contribution < -0.4 is 14.8 Å². The fraction of sp³-hybridized carbons (Fsp3) is 0.267. The third-order valence-corrected chi connectivity index (χ3v) is 2.78. The molecule has 1 N–H and O–H groups in total. The number of hydrogen-bond acceptors (Lipinski definition) is 5. The zero-order valence-electron chi connectivity index (χ0n) is 12.4. The Morgan fingerprint density at radius 3 is 2.91 bits per heavy atom. The van der Waals surface area contributed by atoms with E-state index in [-0.39, 0.29) is 19.1 Å². The normalized spacial score (nSPS) is 10.0. The average molecular weight is 302 g/mol. The number of methoxy groups -OCH3 is 1. The largest absolute Gasteiger partial charge is 0.493 e. The first-order chi connectivity index (χ1) is 10.7. The quantitative estimate of drug-likeness (QED) is 0.741. The lowest BCUT2D eigenvalue weighted by Gasteiger charge is -2.08. The molecule has 116 valence electrons. The van der Waals surface area contributed by atoms with Gasteiger partial charge in [-0.15, -0.1) is 11.7 Å². The van der Waals surface area contributed by atoms with Gasteiger partial charge in [0.2, 0.25) is 5.91 Å². The van der Waals surface area contributed by atoms with Crippen LogP contribution in [-0.4, -0.2) is 34.6 Å². The lowest BCUT2D eigenvalue weighted by Crippen LogP contribution is -2.27. The summed E-state index contributed by atoms with van der Waals surface area (Å²) < 4.78 is 12.3. The van der Waals surface area contributed by atoms with Gasteiger partial charge in [-0.2, -0.15) is 0 Å². The number of rotatable bonds is 8. The van der Waals surface area contributed by atoms with E-state index >= 15 is 0 Å². The molecule has 2 aromatic rings. The fourth-order valence-electron chi connectivity index (χ4n) is 1.76. The van der Waals surface area contributed by atoms with Gasteiger partial charge in [-0.3, -0.25) is 4.79 Å². The van der Waals surface area contributed by atoms with Crippen LogP contribution in [0.25, 0.3) is 0 Å². The van der Waals surface area contributed by atoms with E-state index in [9.17, 15) is 4.79 Å². The number of nitrogens with zero attached hydrogens (tertiary/aromatic N) is 3. The number of ether oxygens (including phenoxy) is 2. The molecule has 0 saturated carbocycles. The van der Waals surface area contributed by atoms with Crippen molar-refractivity contribution in [3.05, 3.63) is 48.8 Å². The van der Waals surface area contributed by atoms with Crippen molar-refractivity contribution < 1.29 is 14.3 Å². The zero-order chi connectivity index (χ0) is 15.8. The van der Waals surface area contributed by atoms with Gasteiger partial charge in [0.25, 0.3) is 0 Å². The van der Waals surface area contributed by atoms with Gasteiger partial charge in [-0.1, -0.05) is 23.4 Å². The van der Waals surface area contributed by atoms with E-state index < -0.39 is 0 Å². The molecule has 0 unspecified atom stereocenters. The van der Waals surface area contributed by atoms with E-state index in [1.54, 1.807) is 19.4 Å². The van der Waals surface area contributed by atoms with Gasteiger partial charge in [0.15, 0.2) is 11.5 Å². The molecule has 1 aromatic heterocycles. The first-order valence-electron chi connectivity index (χ1n) is 6.75. The number of nitrogens with one attached hydrogen (secondary N) is 1. The number of carbonyl (C=O) groups excluding carboxylic acids is 1. The Balaban J connectivity index is 1.89. The van der Waals surface area contributed by atoms with E-state index in [2.05, 4.69) is 22.2 Å². The second kappa shape index (κ2) is 7.82. The Bertz CT molecular complexity index is 639. The summed E-state index contributed by atoms with van der Waals surface area (Å²) in [6, 6.07) is 7.35. The number of amides is 1. The smallest absolute Gasteiger partial charge is 0.242 e.